The minimum Gasteiger partial charge on any atom is -0.347 e. The SMILES string of the molecule is CC(C)Cn1cc(CC#N)c2ccccc21. The molecular weight excluding hydrogens is 196 g/mol. The predicted octanol–water partition coefficient (Wildman–Crippen LogP) is 3.36. The highest BCUT2D eigenvalue weighted by Crippen LogP contribution is 2.22. The number of benzene rings is 1. The number of hydrogen-bond donors (Lipinski definition) is 0. The smallest absolute Gasteiger partial charge is 0.0670 e. The average Bonchev–Trinajstić information content (AvgIpc) is 2.58. The molecule has 0 aliphatic rings. The summed E-state index contributed by atoms with van der Waals surface area (Å²) in [7, 11) is 0. The second-order valence-corrected chi connectivity index (χ2v) is 4.55. The highest BCUT2D eigenvalue weighted by atomic mass is 15.0. The van der Waals surface area contributed by atoms with E-state index < -0.39 is 0 Å². The van der Waals surface area contributed by atoms with E-state index in [1.165, 1.54) is 10.9 Å². The Labute approximate surface area is 96.1 Å². The van der Waals surface area contributed by atoms with Gasteiger partial charge in [0, 0.05) is 23.6 Å². The van der Waals surface area contributed by atoms with Gasteiger partial charge in [-0.15, -0.1) is 0 Å². The molecule has 1 heterocycles. The second kappa shape index (κ2) is 4.40. The summed E-state index contributed by atoms with van der Waals surface area (Å²) in [5.41, 5.74) is 2.38. The molecule has 0 aliphatic heterocycles. The lowest BCUT2D eigenvalue weighted by molar-refractivity contribution is 0.535. The van der Waals surface area contributed by atoms with Crippen LogP contribution in [0.15, 0.2) is 30.5 Å². The Kier molecular flexibility index (Phi) is 2.96. The Bertz CT molecular complexity index is 529. The molecule has 0 aliphatic carbocycles. The van der Waals surface area contributed by atoms with Crippen LogP contribution < -0.4 is 0 Å². The molecule has 82 valence electrons. The van der Waals surface area contributed by atoms with E-state index >= 15 is 0 Å². The van der Waals surface area contributed by atoms with E-state index in [-0.39, 0.29) is 0 Å². The monoisotopic (exact) mass is 212 g/mol. The minimum absolute atomic E-state index is 0.492. The maximum atomic E-state index is 8.81. The zero-order chi connectivity index (χ0) is 11.5. The fraction of sp³-hybridized carbons (Fsp3) is 0.357. The van der Waals surface area contributed by atoms with Gasteiger partial charge in [-0.3, -0.25) is 0 Å². The number of aromatic nitrogens is 1. The van der Waals surface area contributed by atoms with Crippen LogP contribution in [0, 0.1) is 17.2 Å². The van der Waals surface area contributed by atoms with Gasteiger partial charge in [0.15, 0.2) is 0 Å². The van der Waals surface area contributed by atoms with Gasteiger partial charge in [-0.2, -0.15) is 5.26 Å². The third-order valence-corrected chi connectivity index (χ3v) is 2.70. The first-order valence-electron chi connectivity index (χ1n) is 5.66. The maximum absolute atomic E-state index is 8.81. The highest BCUT2D eigenvalue weighted by molar-refractivity contribution is 5.84. The van der Waals surface area contributed by atoms with Crippen molar-refractivity contribution in [2.24, 2.45) is 5.92 Å². The Morgan fingerprint density at radius 1 is 1.31 bits per heavy atom. The molecule has 0 N–H and O–H groups in total. The van der Waals surface area contributed by atoms with Gasteiger partial charge in [0.25, 0.3) is 0 Å². The van der Waals surface area contributed by atoms with Crippen LogP contribution >= 0.6 is 0 Å². The molecule has 2 nitrogen and oxygen atoms in total. The molecule has 2 heteroatoms. The molecule has 0 bridgehead atoms. The molecule has 0 atom stereocenters. The van der Waals surface area contributed by atoms with Gasteiger partial charge in [-0.25, -0.2) is 0 Å². The molecule has 0 fully saturated rings. The van der Waals surface area contributed by atoms with E-state index in [0.717, 1.165) is 12.1 Å². The molecule has 0 saturated heterocycles. The highest BCUT2D eigenvalue weighted by Gasteiger charge is 2.08. The molecule has 2 aromatic rings. The predicted molar refractivity (Wildman–Crippen MR) is 66.1 cm³/mol. The number of para-hydroxylation sites is 1. The first-order chi connectivity index (χ1) is 7.72. The third-order valence-electron chi connectivity index (χ3n) is 2.70. The van der Waals surface area contributed by atoms with E-state index in [1.54, 1.807) is 0 Å². The van der Waals surface area contributed by atoms with Gasteiger partial charge in [0.05, 0.1) is 12.5 Å². The van der Waals surface area contributed by atoms with Crippen molar-refractivity contribution < 1.29 is 0 Å². The summed E-state index contributed by atoms with van der Waals surface area (Å²) in [5, 5.41) is 10.0. The van der Waals surface area contributed by atoms with Crippen LogP contribution in [0.4, 0.5) is 0 Å². The van der Waals surface area contributed by atoms with E-state index in [1.807, 2.05) is 6.07 Å². The zero-order valence-corrected chi connectivity index (χ0v) is 9.77. The fourth-order valence-corrected chi connectivity index (χ4v) is 2.09. The quantitative estimate of drug-likeness (QED) is 0.766. The largest absolute Gasteiger partial charge is 0.347 e. The average molecular weight is 212 g/mol. The summed E-state index contributed by atoms with van der Waals surface area (Å²) in [4.78, 5) is 0. The molecule has 2 rings (SSSR count). The lowest BCUT2D eigenvalue weighted by atomic mass is 10.1. The molecule has 0 amide bonds. The fourth-order valence-electron chi connectivity index (χ4n) is 2.09. The molecule has 0 radical (unpaired) electrons. The Morgan fingerprint density at radius 3 is 2.75 bits per heavy atom. The maximum Gasteiger partial charge on any atom is 0.0670 e. The van der Waals surface area contributed by atoms with E-state index in [4.69, 9.17) is 5.26 Å². The lowest BCUT2D eigenvalue weighted by Crippen LogP contribution is -2.02. The summed E-state index contributed by atoms with van der Waals surface area (Å²) in [6.07, 6.45) is 2.61. The van der Waals surface area contributed by atoms with Crippen molar-refractivity contribution in [2.75, 3.05) is 0 Å². The molecule has 0 unspecified atom stereocenters. The van der Waals surface area contributed by atoms with E-state index in [0.29, 0.717) is 12.3 Å². The molecule has 0 saturated carbocycles. The Morgan fingerprint density at radius 2 is 2.06 bits per heavy atom. The van der Waals surface area contributed by atoms with Gasteiger partial charge >= 0.3 is 0 Å². The number of rotatable bonds is 3. The van der Waals surface area contributed by atoms with Gasteiger partial charge in [0.1, 0.15) is 0 Å². The normalized spacial score (nSPS) is 10.9. The van der Waals surface area contributed by atoms with Crippen molar-refractivity contribution >= 4 is 10.9 Å². The summed E-state index contributed by atoms with van der Waals surface area (Å²) in [5.74, 6) is 0.616. The molecule has 1 aromatic heterocycles. The Hall–Kier alpha value is -1.75. The molecule has 1 aromatic carbocycles. The topological polar surface area (TPSA) is 28.7 Å². The van der Waals surface area contributed by atoms with E-state index in [2.05, 4.69) is 48.9 Å². The minimum atomic E-state index is 0.492. The van der Waals surface area contributed by atoms with Crippen LogP contribution in [0.2, 0.25) is 0 Å². The van der Waals surface area contributed by atoms with Crippen molar-refractivity contribution in [2.45, 2.75) is 26.8 Å². The first-order valence-corrected chi connectivity index (χ1v) is 5.66. The van der Waals surface area contributed by atoms with Gasteiger partial charge in [0.2, 0.25) is 0 Å². The summed E-state index contributed by atoms with van der Waals surface area (Å²) in [6.45, 7) is 5.42. The van der Waals surface area contributed by atoms with Gasteiger partial charge in [-0.05, 0) is 17.5 Å². The van der Waals surface area contributed by atoms with E-state index in [9.17, 15) is 0 Å². The number of hydrogen-bond acceptors (Lipinski definition) is 1. The third kappa shape index (κ3) is 1.94. The van der Waals surface area contributed by atoms with Crippen LogP contribution in [0.1, 0.15) is 19.4 Å². The number of nitrogens with zero attached hydrogens (tertiary/aromatic N) is 2. The van der Waals surface area contributed by atoms with Crippen molar-refractivity contribution in [1.82, 2.24) is 4.57 Å². The van der Waals surface area contributed by atoms with Crippen LogP contribution in [0.25, 0.3) is 10.9 Å². The molecule has 16 heavy (non-hydrogen) atoms. The molecule has 0 spiro atoms. The summed E-state index contributed by atoms with van der Waals surface area (Å²) >= 11 is 0. The van der Waals surface area contributed by atoms with Crippen LogP contribution in [-0.4, -0.2) is 4.57 Å². The van der Waals surface area contributed by atoms with Gasteiger partial charge < -0.3 is 4.57 Å². The van der Waals surface area contributed by atoms with Crippen LogP contribution in [0.3, 0.4) is 0 Å². The van der Waals surface area contributed by atoms with Crippen molar-refractivity contribution in [3.63, 3.8) is 0 Å². The van der Waals surface area contributed by atoms with Crippen molar-refractivity contribution in [3.8, 4) is 6.07 Å². The standard InChI is InChI=1S/C14H16N2/c1-11(2)9-16-10-12(7-8-15)13-5-3-4-6-14(13)16/h3-6,10-11H,7,9H2,1-2H3. The van der Waals surface area contributed by atoms with Crippen molar-refractivity contribution in [1.29, 1.82) is 5.26 Å². The molecular formula is C14H16N2. The summed E-state index contributed by atoms with van der Waals surface area (Å²) in [6, 6.07) is 10.5. The second-order valence-electron chi connectivity index (χ2n) is 4.55. The summed E-state index contributed by atoms with van der Waals surface area (Å²) < 4.78 is 2.26. The number of nitriles is 1. The first kappa shape index (κ1) is 10.8. The van der Waals surface area contributed by atoms with Crippen LogP contribution in [0.5, 0.6) is 0 Å². The Balaban J connectivity index is 2.54. The number of fused-ring (bicyclic) bond motifs is 1. The van der Waals surface area contributed by atoms with Crippen molar-refractivity contribution in [3.05, 3.63) is 36.0 Å². The lowest BCUT2D eigenvalue weighted by Gasteiger charge is -2.07. The zero-order valence-electron chi connectivity index (χ0n) is 9.77. The van der Waals surface area contributed by atoms with Gasteiger partial charge in [-0.1, -0.05) is 32.0 Å². The van der Waals surface area contributed by atoms with Crippen LogP contribution in [-0.2, 0) is 13.0 Å².